The summed E-state index contributed by atoms with van der Waals surface area (Å²) in [5.41, 5.74) is 6.79. The van der Waals surface area contributed by atoms with Gasteiger partial charge in [0.1, 0.15) is 0 Å². The van der Waals surface area contributed by atoms with E-state index in [-0.39, 0.29) is 11.6 Å². The molecule has 2 rings (SSSR count). The second kappa shape index (κ2) is 7.09. The number of ether oxygens (including phenoxy) is 2. The lowest BCUT2D eigenvalue weighted by Gasteiger charge is -2.27. The molecule has 0 spiro atoms. The molecule has 2 N–H and O–H groups in total. The average molecular weight is 281 g/mol. The fourth-order valence-electron chi connectivity index (χ4n) is 2.06. The maximum atomic E-state index is 13.5. The molecule has 1 aliphatic rings. The Morgan fingerprint density at radius 1 is 1.45 bits per heavy atom. The smallest absolute Gasteiger partial charge is 0.191 e. The molecule has 0 amide bonds. The fourth-order valence-corrected chi connectivity index (χ4v) is 2.06. The normalized spacial score (nSPS) is 16.3. The Bertz CT molecular complexity index is 473. The molecule has 0 aliphatic carbocycles. The van der Waals surface area contributed by atoms with Gasteiger partial charge in [0.05, 0.1) is 20.3 Å². The van der Waals surface area contributed by atoms with Crippen LogP contribution in [0.3, 0.4) is 0 Å². The van der Waals surface area contributed by atoms with Gasteiger partial charge >= 0.3 is 0 Å². The van der Waals surface area contributed by atoms with Crippen LogP contribution < -0.4 is 10.5 Å². The molecular formula is C14H20FN3O2. The van der Waals surface area contributed by atoms with E-state index in [1.807, 2.05) is 11.0 Å². The Morgan fingerprint density at radius 3 is 2.85 bits per heavy atom. The fraction of sp³-hybridized carbons (Fsp3) is 0.500. The number of methoxy groups -OCH3 is 1. The number of hydrogen-bond acceptors (Lipinski definition) is 3. The Morgan fingerprint density at radius 2 is 2.20 bits per heavy atom. The second-order valence-corrected chi connectivity index (χ2v) is 4.56. The lowest BCUT2D eigenvalue weighted by atomic mass is 10.1. The third-order valence-electron chi connectivity index (χ3n) is 3.23. The molecule has 0 atom stereocenters. The van der Waals surface area contributed by atoms with E-state index in [0.717, 1.165) is 18.7 Å². The van der Waals surface area contributed by atoms with E-state index in [9.17, 15) is 4.39 Å². The Kier molecular flexibility index (Phi) is 5.17. The van der Waals surface area contributed by atoms with E-state index in [1.165, 1.54) is 13.2 Å². The molecule has 0 bridgehead atoms. The van der Waals surface area contributed by atoms with Crippen molar-refractivity contribution in [3.05, 3.63) is 29.6 Å². The van der Waals surface area contributed by atoms with Gasteiger partial charge in [-0.15, -0.1) is 0 Å². The van der Waals surface area contributed by atoms with Gasteiger partial charge in [0.2, 0.25) is 0 Å². The number of aliphatic imine (C=N–C) groups is 1. The monoisotopic (exact) mass is 281 g/mol. The van der Waals surface area contributed by atoms with Crippen LogP contribution in [0.5, 0.6) is 5.75 Å². The predicted molar refractivity (Wildman–Crippen MR) is 75.5 cm³/mol. The molecule has 1 aliphatic heterocycles. The summed E-state index contributed by atoms with van der Waals surface area (Å²) in [4.78, 5) is 6.32. The molecule has 6 heteroatoms. The predicted octanol–water partition coefficient (Wildman–Crippen LogP) is 1.02. The maximum absolute atomic E-state index is 13.5. The third-order valence-corrected chi connectivity index (χ3v) is 3.23. The largest absolute Gasteiger partial charge is 0.494 e. The van der Waals surface area contributed by atoms with Gasteiger partial charge in [0.15, 0.2) is 17.5 Å². The van der Waals surface area contributed by atoms with Crippen LogP contribution in [0.1, 0.15) is 5.56 Å². The summed E-state index contributed by atoms with van der Waals surface area (Å²) in [6, 6.07) is 4.93. The molecule has 110 valence electrons. The first-order valence-corrected chi connectivity index (χ1v) is 6.65. The topological polar surface area (TPSA) is 60.1 Å². The van der Waals surface area contributed by atoms with Crippen LogP contribution in [0.2, 0.25) is 0 Å². The standard InChI is InChI=1S/C14H20FN3O2/c1-19-13-3-2-11(10-12(13)15)4-5-17-14(16)18-6-8-20-9-7-18/h2-3,10H,4-9H2,1H3,(H2,16,17). The lowest BCUT2D eigenvalue weighted by Crippen LogP contribution is -2.44. The Labute approximate surface area is 118 Å². The van der Waals surface area contributed by atoms with Crippen LogP contribution in [0.15, 0.2) is 23.2 Å². The van der Waals surface area contributed by atoms with Gasteiger partial charge < -0.3 is 20.1 Å². The van der Waals surface area contributed by atoms with Crippen molar-refractivity contribution in [1.82, 2.24) is 4.90 Å². The van der Waals surface area contributed by atoms with E-state index in [2.05, 4.69) is 4.99 Å². The van der Waals surface area contributed by atoms with Gasteiger partial charge in [-0.2, -0.15) is 0 Å². The minimum atomic E-state index is -0.352. The zero-order chi connectivity index (χ0) is 14.4. The van der Waals surface area contributed by atoms with Crippen molar-refractivity contribution in [2.45, 2.75) is 6.42 Å². The first-order chi connectivity index (χ1) is 9.70. The summed E-state index contributed by atoms with van der Waals surface area (Å²) in [7, 11) is 1.45. The van der Waals surface area contributed by atoms with Crippen molar-refractivity contribution in [2.24, 2.45) is 10.7 Å². The molecule has 0 radical (unpaired) electrons. The molecule has 0 unspecified atom stereocenters. The van der Waals surface area contributed by atoms with Crippen LogP contribution in [-0.4, -0.2) is 50.8 Å². The number of hydrogen-bond donors (Lipinski definition) is 1. The number of nitrogens with zero attached hydrogens (tertiary/aromatic N) is 2. The minimum absolute atomic E-state index is 0.255. The minimum Gasteiger partial charge on any atom is -0.494 e. The van der Waals surface area contributed by atoms with Crippen LogP contribution in [0.4, 0.5) is 4.39 Å². The van der Waals surface area contributed by atoms with Crippen molar-refractivity contribution in [3.63, 3.8) is 0 Å². The first-order valence-electron chi connectivity index (χ1n) is 6.65. The molecular weight excluding hydrogens is 261 g/mol. The zero-order valence-electron chi connectivity index (χ0n) is 11.6. The molecule has 5 nitrogen and oxygen atoms in total. The van der Waals surface area contributed by atoms with Gasteiger partial charge in [-0.1, -0.05) is 6.07 Å². The average Bonchev–Trinajstić information content (AvgIpc) is 2.48. The van der Waals surface area contributed by atoms with Gasteiger partial charge in [-0.3, -0.25) is 4.99 Å². The molecule has 1 aromatic rings. The summed E-state index contributed by atoms with van der Waals surface area (Å²) in [5, 5.41) is 0. The lowest BCUT2D eigenvalue weighted by molar-refractivity contribution is 0.0674. The van der Waals surface area contributed by atoms with E-state index in [4.69, 9.17) is 15.2 Å². The number of rotatable bonds is 4. The maximum Gasteiger partial charge on any atom is 0.191 e. The van der Waals surface area contributed by atoms with Gasteiger partial charge in [0.25, 0.3) is 0 Å². The van der Waals surface area contributed by atoms with Crippen molar-refractivity contribution < 1.29 is 13.9 Å². The van der Waals surface area contributed by atoms with Gasteiger partial charge in [-0.25, -0.2) is 4.39 Å². The van der Waals surface area contributed by atoms with Crippen LogP contribution >= 0.6 is 0 Å². The first kappa shape index (κ1) is 14.6. The highest BCUT2D eigenvalue weighted by Crippen LogP contribution is 2.17. The number of benzene rings is 1. The van der Waals surface area contributed by atoms with E-state index in [0.29, 0.717) is 32.1 Å². The molecule has 1 heterocycles. The number of halogens is 1. The molecule has 20 heavy (non-hydrogen) atoms. The highest BCUT2D eigenvalue weighted by atomic mass is 19.1. The summed E-state index contributed by atoms with van der Waals surface area (Å²) >= 11 is 0. The van der Waals surface area contributed by atoms with Gasteiger partial charge in [0, 0.05) is 19.6 Å². The second-order valence-electron chi connectivity index (χ2n) is 4.56. The third kappa shape index (κ3) is 3.84. The summed E-state index contributed by atoms with van der Waals surface area (Å²) < 4.78 is 23.7. The molecule has 0 aromatic heterocycles. The SMILES string of the molecule is COc1ccc(CCN=C(N)N2CCOCC2)cc1F. The van der Waals surface area contributed by atoms with E-state index in [1.54, 1.807) is 6.07 Å². The zero-order valence-corrected chi connectivity index (χ0v) is 11.6. The van der Waals surface area contributed by atoms with Crippen molar-refractivity contribution in [1.29, 1.82) is 0 Å². The van der Waals surface area contributed by atoms with Gasteiger partial charge in [-0.05, 0) is 24.1 Å². The Balaban J connectivity index is 1.86. The number of nitrogens with two attached hydrogens (primary N) is 1. The molecule has 1 saturated heterocycles. The van der Waals surface area contributed by atoms with E-state index < -0.39 is 0 Å². The van der Waals surface area contributed by atoms with Crippen molar-refractivity contribution in [2.75, 3.05) is 40.0 Å². The quantitative estimate of drug-likeness (QED) is 0.661. The number of morpholine rings is 1. The summed E-state index contributed by atoms with van der Waals surface area (Å²) in [5.74, 6) is 0.433. The van der Waals surface area contributed by atoms with E-state index >= 15 is 0 Å². The molecule has 0 saturated carbocycles. The molecule has 1 aromatic carbocycles. The summed E-state index contributed by atoms with van der Waals surface area (Å²) in [6.07, 6.45) is 0.645. The van der Waals surface area contributed by atoms with Crippen molar-refractivity contribution in [3.8, 4) is 5.75 Å². The van der Waals surface area contributed by atoms with Crippen LogP contribution in [0.25, 0.3) is 0 Å². The van der Waals surface area contributed by atoms with Crippen molar-refractivity contribution >= 4 is 5.96 Å². The Hall–Kier alpha value is -1.82. The van der Waals surface area contributed by atoms with Crippen LogP contribution in [0, 0.1) is 5.82 Å². The summed E-state index contributed by atoms with van der Waals surface area (Å²) in [6.45, 7) is 3.44. The van der Waals surface area contributed by atoms with Crippen LogP contribution in [-0.2, 0) is 11.2 Å². The highest BCUT2D eigenvalue weighted by molar-refractivity contribution is 5.78. The highest BCUT2D eigenvalue weighted by Gasteiger charge is 2.11. The molecule has 1 fully saturated rings. The number of guanidine groups is 1.